The summed E-state index contributed by atoms with van der Waals surface area (Å²) in [6.45, 7) is 6.80. The number of pyridine rings is 1. The van der Waals surface area contributed by atoms with Gasteiger partial charge in [0.05, 0.1) is 5.69 Å². The van der Waals surface area contributed by atoms with E-state index < -0.39 is 5.97 Å². The fourth-order valence-corrected chi connectivity index (χ4v) is 1.70. The molecule has 2 N–H and O–H groups in total. The molecule has 106 valence electrons. The molecule has 0 aliphatic rings. The van der Waals surface area contributed by atoms with Gasteiger partial charge >= 0.3 is 5.97 Å². The number of aromatic nitrogens is 1. The smallest absolute Gasteiger partial charge is 0.354 e. The first kappa shape index (κ1) is 15.6. The fraction of sp³-hybridized carbons (Fsp3) is 0.571. The number of carboxylic acid groups (broad SMARTS) is 1. The molecule has 0 fully saturated rings. The van der Waals surface area contributed by atoms with Gasteiger partial charge in [-0.3, -0.25) is 0 Å². The normalized spacial score (nSPS) is 12.6. The van der Waals surface area contributed by atoms with Crippen LogP contribution in [0.25, 0.3) is 0 Å². The molecular weight excluding hydrogens is 242 g/mol. The maximum absolute atomic E-state index is 10.8. The second kappa shape index (κ2) is 7.86. The molecule has 5 heteroatoms. The number of nitrogens with one attached hydrogen (secondary N) is 1. The SMILES string of the molecule is CCC(C)N(C)CCNCc1cccc(C(=O)O)n1. The zero-order valence-electron chi connectivity index (χ0n) is 11.9. The van der Waals surface area contributed by atoms with Gasteiger partial charge < -0.3 is 15.3 Å². The van der Waals surface area contributed by atoms with Crippen molar-refractivity contribution in [3.05, 3.63) is 29.6 Å². The van der Waals surface area contributed by atoms with Crippen LogP contribution in [0.15, 0.2) is 18.2 Å². The highest BCUT2D eigenvalue weighted by Gasteiger charge is 2.06. The van der Waals surface area contributed by atoms with Crippen LogP contribution in [0, 0.1) is 0 Å². The number of aromatic carboxylic acids is 1. The Labute approximate surface area is 114 Å². The molecule has 1 rings (SSSR count). The topological polar surface area (TPSA) is 65.5 Å². The third-order valence-corrected chi connectivity index (χ3v) is 3.32. The Kier molecular flexibility index (Phi) is 6.45. The Morgan fingerprint density at radius 1 is 1.53 bits per heavy atom. The highest BCUT2D eigenvalue weighted by molar-refractivity contribution is 5.85. The lowest BCUT2D eigenvalue weighted by Gasteiger charge is -2.23. The Balaban J connectivity index is 2.33. The molecule has 1 aromatic heterocycles. The van der Waals surface area contributed by atoms with Crippen molar-refractivity contribution in [2.45, 2.75) is 32.9 Å². The van der Waals surface area contributed by atoms with E-state index in [0.29, 0.717) is 12.6 Å². The highest BCUT2D eigenvalue weighted by atomic mass is 16.4. The van der Waals surface area contributed by atoms with Crippen LogP contribution in [0.5, 0.6) is 0 Å². The van der Waals surface area contributed by atoms with E-state index in [2.05, 4.69) is 36.1 Å². The van der Waals surface area contributed by atoms with Crippen molar-refractivity contribution in [1.82, 2.24) is 15.2 Å². The number of carboxylic acids is 1. The third-order valence-electron chi connectivity index (χ3n) is 3.32. The first-order valence-electron chi connectivity index (χ1n) is 6.64. The fourth-order valence-electron chi connectivity index (χ4n) is 1.70. The van der Waals surface area contributed by atoms with Crippen molar-refractivity contribution in [1.29, 1.82) is 0 Å². The molecule has 0 spiro atoms. The lowest BCUT2D eigenvalue weighted by atomic mass is 10.2. The highest BCUT2D eigenvalue weighted by Crippen LogP contribution is 2.00. The number of rotatable bonds is 8. The van der Waals surface area contributed by atoms with E-state index in [1.807, 2.05) is 6.07 Å². The van der Waals surface area contributed by atoms with Crippen LogP contribution in [0.4, 0.5) is 0 Å². The molecule has 0 bridgehead atoms. The maximum Gasteiger partial charge on any atom is 0.354 e. The van der Waals surface area contributed by atoms with Gasteiger partial charge in [-0.2, -0.15) is 0 Å². The quantitative estimate of drug-likeness (QED) is 0.699. The van der Waals surface area contributed by atoms with Gasteiger partial charge in [-0.05, 0) is 32.5 Å². The average molecular weight is 265 g/mol. The van der Waals surface area contributed by atoms with Crippen LogP contribution < -0.4 is 5.32 Å². The summed E-state index contributed by atoms with van der Waals surface area (Å²) < 4.78 is 0. The van der Waals surface area contributed by atoms with Crippen molar-refractivity contribution in [3.63, 3.8) is 0 Å². The van der Waals surface area contributed by atoms with Crippen LogP contribution in [0.2, 0.25) is 0 Å². The summed E-state index contributed by atoms with van der Waals surface area (Å²) in [4.78, 5) is 17.2. The summed E-state index contributed by atoms with van der Waals surface area (Å²) in [6, 6.07) is 5.63. The predicted octanol–water partition coefficient (Wildman–Crippen LogP) is 1.60. The van der Waals surface area contributed by atoms with Gasteiger partial charge in [0.2, 0.25) is 0 Å². The molecule has 0 aromatic carbocycles. The predicted molar refractivity (Wildman–Crippen MR) is 75.3 cm³/mol. The van der Waals surface area contributed by atoms with E-state index in [1.165, 1.54) is 6.07 Å². The number of nitrogens with zero attached hydrogens (tertiary/aromatic N) is 2. The van der Waals surface area contributed by atoms with Crippen molar-refractivity contribution >= 4 is 5.97 Å². The molecule has 5 nitrogen and oxygen atoms in total. The summed E-state index contributed by atoms with van der Waals surface area (Å²) in [5.41, 5.74) is 0.849. The zero-order valence-corrected chi connectivity index (χ0v) is 11.9. The molecule has 0 aliphatic carbocycles. The van der Waals surface area contributed by atoms with Gasteiger partial charge in [-0.15, -0.1) is 0 Å². The van der Waals surface area contributed by atoms with Crippen molar-refractivity contribution in [2.24, 2.45) is 0 Å². The summed E-state index contributed by atoms with van der Waals surface area (Å²) >= 11 is 0. The average Bonchev–Trinajstić information content (AvgIpc) is 2.42. The molecular formula is C14H23N3O2. The molecule has 1 heterocycles. The number of hydrogen-bond donors (Lipinski definition) is 2. The van der Waals surface area contributed by atoms with Crippen LogP contribution >= 0.6 is 0 Å². The first-order chi connectivity index (χ1) is 9.04. The minimum Gasteiger partial charge on any atom is -0.477 e. The van der Waals surface area contributed by atoms with Gasteiger partial charge in [0, 0.05) is 25.7 Å². The van der Waals surface area contributed by atoms with E-state index in [-0.39, 0.29) is 5.69 Å². The van der Waals surface area contributed by atoms with Gasteiger partial charge in [-0.25, -0.2) is 9.78 Å². The number of likely N-dealkylation sites (N-methyl/N-ethyl adjacent to an activating group) is 1. The molecule has 1 aromatic rings. The van der Waals surface area contributed by atoms with E-state index in [1.54, 1.807) is 6.07 Å². The molecule has 0 radical (unpaired) electrons. The Morgan fingerprint density at radius 3 is 2.89 bits per heavy atom. The minimum atomic E-state index is -0.988. The molecule has 1 unspecified atom stereocenters. The van der Waals surface area contributed by atoms with Gasteiger partial charge in [0.15, 0.2) is 0 Å². The van der Waals surface area contributed by atoms with Gasteiger partial charge in [-0.1, -0.05) is 13.0 Å². The lowest BCUT2D eigenvalue weighted by molar-refractivity contribution is 0.0690. The van der Waals surface area contributed by atoms with E-state index in [4.69, 9.17) is 5.11 Å². The monoisotopic (exact) mass is 265 g/mol. The zero-order chi connectivity index (χ0) is 14.3. The molecule has 0 amide bonds. The van der Waals surface area contributed by atoms with Gasteiger partial charge in [0.25, 0.3) is 0 Å². The van der Waals surface area contributed by atoms with E-state index in [9.17, 15) is 4.79 Å². The Bertz CT molecular complexity index is 409. The molecule has 0 saturated heterocycles. The molecule has 1 atom stereocenters. The van der Waals surface area contributed by atoms with Crippen LogP contribution in [0.3, 0.4) is 0 Å². The van der Waals surface area contributed by atoms with Crippen molar-refractivity contribution in [2.75, 3.05) is 20.1 Å². The summed E-state index contributed by atoms with van der Waals surface area (Å²) in [6.07, 6.45) is 1.14. The Hall–Kier alpha value is -1.46. The Morgan fingerprint density at radius 2 is 2.26 bits per heavy atom. The molecule has 0 aliphatic heterocycles. The summed E-state index contributed by atoms with van der Waals surface area (Å²) in [7, 11) is 2.11. The first-order valence-corrected chi connectivity index (χ1v) is 6.64. The summed E-state index contributed by atoms with van der Waals surface area (Å²) in [5, 5.41) is 12.1. The van der Waals surface area contributed by atoms with Crippen LogP contribution in [-0.2, 0) is 6.54 Å². The largest absolute Gasteiger partial charge is 0.477 e. The van der Waals surface area contributed by atoms with E-state index in [0.717, 1.165) is 25.2 Å². The number of hydrogen-bond acceptors (Lipinski definition) is 4. The van der Waals surface area contributed by atoms with Crippen LogP contribution in [0.1, 0.15) is 36.5 Å². The third kappa shape index (κ3) is 5.36. The van der Waals surface area contributed by atoms with Crippen molar-refractivity contribution < 1.29 is 9.90 Å². The maximum atomic E-state index is 10.8. The second-order valence-electron chi connectivity index (χ2n) is 4.73. The van der Waals surface area contributed by atoms with Crippen molar-refractivity contribution in [3.8, 4) is 0 Å². The minimum absolute atomic E-state index is 0.0935. The summed E-state index contributed by atoms with van der Waals surface area (Å²) in [5.74, 6) is -0.988. The molecule has 0 saturated carbocycles. The van der Waals surface area contributed by atoms with Gasteiger partial charge in [0.1, 0.15) is 5.69 Å². The number of carbonyl (C=O) groups is 1. The van der Waals surface area contributed by atoms with Crippen LogP contribution in [-0.4, -0.2) is 47.1 Å². The van der Waals surface area contributed by atoms with E-state index >= 15 is 0 Å². The molecule has 19 heavy (non-hydrogen) atoms. The lowest BCUT2D eigenvalue weighted by Crippen LogP contribution is -2.34. The second-order valence-corrected chi connectivity index (χ2v) is 4.73. The standard InChI is InChI=1S/C14H23N3O2/c1-4-11(2)17(3)9-8-15-10-12-6-5-7-13(16-12)14(18)19/h5-7,11,15H,4,8-10H2,1-3H3,(H,18,19).